The minimum absolute atomic E-state index is 0. The van der Waals surface area contributed by atoms with Crippen LogP contribution in [0.3, 0.4) is 0 Å². The Morgan fingerprint density at radius 2 is 1.51 bits per heavy atom. The van der Waals surface area contributed by atoms with Crippen LogP contribution in [0.15, 0.2) is 114 Å². The molecule has 7 rings (SSSR count). The van der Waals surface area contributed by atoms with Crippen molar-refractivity contribution in [1.29, 1.82) is 0 Å². The van der Waals surface area contributed by atoms with E-state index >= 15 is 0 Å². The average molecular weight is 710 g/mol. The Morgan fingerprint density at radius 1 is 0.683 bits per heavy atom. The van der Waals surface area contributed by atoms with Gasteiger partial charge in [0.2, 0.25) is 5.71 Å². The molecule has 3 aromatic carbocycles. The molecule has 4 heterocycles. The zero-order valence-electron chi connectivity index (χ0n) is 23.0. The monoisotopic (exact) mass is 710 g/mol. The van der Waals surface area contributed by atoms with E-state index in [1.165, 1.54) is 16.7 Å². The van der Waals surface area contributed by atoms with Gasteiger partial charge in [0, 0.05) is 43.4 Å². The molecule has 0 fully saturated rings. The number of nitrogens with zero attached hydrogens (tertiary/aromatic N) is 3. The molecule has 41 heavy (non-hydrogen) atoms. The molecule has 5 heteroatoms. The zero-order valence-corrected chi connectivity index (χ0v) is 25.4. The second-order valence-electron chi connectivity index (χ2n) is 9.76. The van der Waals surface area contributed by atoms with Crippen LogP contribution in [0.4, 0.5) is 0 Å². The predicted octanol–water partition coefficient (Wildman–Crippen LogP) is 8.98. The quantitative estimate of drug-likeness (QED) is 0.172. The fourth-order valence-electron chi connectivity index (χ4n) is 4.53. The Morgan fingerprint density at radius 3 is 2.24 bits per heavy atom. The maximum Gasteiger partial charge on any atom is 0.216 e. The van der Waals surface area contributed by atoms with Crippen molar-refractivity contribution in [2.45, 2.75) is 20.8 Å². The van der Waals surface area contributed by atoms with Gasteiger partial charge in [-0.25, -0.2) is 4.98 Å². The minimum atomic E-state index is 0. The van der Waals surface area contributed by atoms with Gasteiger partial charge in [0.05, 0.1) is 11.3 Å². The van der Waals surface area contributed by atoms with E-state index in [1.807, 2.05) is 79.0 Å². The number of pyridine rings is 3. The Hall–Kier alpha value is -4.44. The summed E-state index contributed by atoms with van der Waals surface area (Å²) in [5.41, 5.74) is 10.9. The largest absolute Gasteiger partial charge is 0.486 e. The van der Waals surface area contributed by atoms with Crippen LogP contribution in [0, 0.1) is 32.9 Å². The van der Waals surface area contributed by atoms with Gasteiger partial charge in [-0.15, -0.1) is 53.6 Å². The normalized spacial score (nSPS) is 10.6. The van der Waals surface area contributed by atoms with Crippen LogP contribution in [0.2, 0.25) is 0 Å². The van der Waals surface area contributed by atoms with E-state index in [9.17, 15) is 0 Å². The first-order chi connectivity index (χ1) is 19.6. The average Bonchev–Trinajstić information content (AvgIpc) is 3.38. The van der Waals surface area contributed by atoms with Gasteiger partial charge in [-0.1, -0.05) is 72.0 Å². The van der Waals surface area contributed by atoms with Crippen LogP contribution in [-0.4, -0.2) is 15.0 Å². The fraction of sp³-hybridized carbons (Fsp3) is 0.0833. The molecule has 0 aliphatic carbocycles. The summed E-state index contributed by atoms with van der Waals surface area (Å²) in [6.45, 7) is 6.24. The van der Waals surface area contributed by atoms with Gasteiger partial charge in [0.1, 0.15) is 0 Å². The summed E-state index contributed by atoms with van der Waals surface area (Å²) >= 11 is 0. The van der Waals surface area contributed by atoms with E-state index < -0.39 is 0 Å². The fourth-order valence-corrected chi connectivity index (χ4v) is 4.53. The molecule has 4 nitrogen and oxygen atoms in total. The number of fused-ring (bicyclic) bond motifs is 3. The van der Waals surface area contributed by atoms with E-state index in [0.29, 0.717) is 5.71 Å². The third-order valence-corrected chi connectivity index (χ3v) is 6.91. The number of furan rings is 1. The van der Waals surface area contributed by atoms with Crippen molar-refractivity contribution in [2.75, 3.05) is 0 Å². The van der Waals surface area contributed by atoms with Crippen molar-refractivity contribution in [1.82, 2.24) is 15.0 Å². The first-order valence-corrected chi connectivity index (χ1v) is 13.2. The van der Waals surface area contributed by atoms with Gasteiger partial charge in [0.15, 0.2) is 0 Å². The number of rotatable bonds is 3. The molecule has 203 valence electrons. The SMILES string of the molecule is Cc1c[c-]c(-c2cc(C)c(C)cn2)cc1.[Ir].[c-]1ccc2c(oc3nc(-c4ccccc4)ccc32)c1-c1ccccn1. The molecule has 4 aromatic heterocycles. The topological polar surface area (TPSA) is 51.8 Å². The third-order valence-electron chi connectivity index (χ3n) is 6.91. The Kier molecular flexibility index (Phi) is 8.49. The second kappa shape index (κ2) is 12.4. The van der Waals surface area contributed by atoms with Crippen molar-refractivity contribution in [3.05, 3.63) is 138 Å². The van der Waals surface area contributed by atoms with Gasteiger partial charge in [-0.3, -0.25) is 0 Å². The molecule has 0 unspecified atom stereocenters. The number of hydrogen-bond acceptors (Lipinski definition) is 4. The molecular formula is C36H27IrN3O-2. The molecule has 0 N–H and O–H groups in total. The third kappa shape index (κ3) is 6.02. The summed E-state index contributed by atoms with van der Waals surface area (Å²) < 4.78 is 6.12. The molecule has 0 spiro atoms. The molecule has 0 bridgehead atoms. The van der Waals surface area contributed by atoms with E-state index in [4.69, 9.17) is 9.40 Å². The van der Waals surface area contributed by atoms with E-state index in [1.54, 1.807) is 6.20 Å². The van der Waals surface area contributed by atoms with Gasteiger partial charge < -0.3 is 14.4 Å². The predicted molar refractivity (Wildman–Crippen MR) is 162 cm³/mol. The summed E-state index contributed by atoms with van der Waals surface area (Å²) in [7, 11) is 0. The van der Waals surface area contributed by atoms with E-state index in [2.05, 4.69) is 67.1 Å². The maximum absolute atomic E-state index is 6.12. The molecule has 0 saturated heterocycles. The van der Waals surface area contributed by atoms with Gasteiger partial charge in [-0.05, 0) is 49.0 Å². The molecule has 1 radical (unpaired) electrons. The minimum Gasteiger partial charge on any atom is -0.486 e. The summed E-state index contributed by atoms with van der Waals surface area (Å²) in [5.74, 6) is 0. The first kappa shape index (κ1) is 28.1. The number of hydrogen-bond donors (Lipinski definition) is 0. The Balaban J connectivity index is 0.000000182. The van der Waals surface area contributed by atoms with Gasteiger partial charge in [-0.2, -0.15) is 0 Å². The van der Waals surface area contributed by atoms with Gasteiger partial charge >= 0.3 is 0 Å². The van der Waals surface area contributed by atoms with Crippen molar-refractivity contribution in [3.8, 4) is 33.8 Å². The van der Waals surface area contributed by atoms with Crippen LogP contribution in [0.1, 0.15) is 16.7 Å². The maximum atomic E-state index is 6.12. The molecule has 7 aromatic rings. The van der Waals surface area contributed by atoms with E-state index in [-0.39, 0.29) is 20.1 Å². The Labute approximate surface area is 253 Å². The first-order valence-electron chi connectivity index (χ1n) is 13.2. The van der Waals surface area contributed by atoms with Crippen LogP contribution < -0.4 is 0 Å². The smallest absolute Gasteiger partial charge is 0.216 e. The number of benzene rings is 3. The van der Waals surface area contributed by atoms with Crippen molar-refractivity contribution in [3.63, 3.8) is 0 Å². The molecule has 0 atom stereocenters. The van der Waals surface area contributed by atoms with Crippen molar-refractivity contribution >= 4 is 22.1 Å². The number of aromatic nitrogens is 3. The molecule has 0 aliphatic rings. The zero-order chi connectivity index (χ0) is 27.5. The molecule has 0 aliphatic heterocycles. The molecule has 0 amide bonds. The van der Waals surface area contributed by atoms with Crippen LogP contribution in [0.25, 0.3) is 55.8 Å². The van der Waals surface area contributed by atoms with Crippen molar-refractivity contribution < 1.29 is 24.5 Å². The Bertz CT molecular complexity index is 1920. The van der Waals surface area contributed by atoms with E-state index in [0.717, 1.165) is 50.1 Å². The van der Waals surface area contributed by atoms with Crippen LogP contribution in [0.5, 0.6) is 0 Å². The molecular weight excluding hydrogens is 683 g/mol. The molecule has 0 saturated carbocycles. The second-order valence-corrected chi connectivity index (χ2v) is 9.76. The summed E-state index contributed by atoms with van der Waals surface area (Å²) in [4.78, 5) is 13.5. The standard InChI is InChI=1S/C22H13N2O.C14H14N.Ir/c1-2-7-15(8-3-1)19-13-12-17-16-9-6-10-18(20-11-4-5-14-23-20)21(16)25-22(17)24-19;1-10-4-6-13(7-5-10)14-8-11(2)12(3)9-15-14;/h1-9,11-14H;4-6,8-9H,1-3H3;/q2*-1;. The van der Waals surface area contributed by atoms with Crippen LogP contribution >= 0.6 is 0 Å². The summed E-state index contributed by atoms with van der Waals surface area (Å²) in [6.07, 6.45) is 3.69. The van der Waals surface area contributed by atoms with Crippen molar-refractivity contribution in [2.24, 2.45) is 0 Å². The van der Waals surface area contributed by atoms with Gasteiger partial charge in [0.25, 0.3) is 0 Å². The number of aryl methyl sites for hydroxylation is 3. The van der Waals surface area contributed by atoms with Crippen LogP contribution in [-0.2, 0) is 20.1 Å². The summed E-state index contributed by atoms with van der Waals surface area (Å²) in [5, 5.41) is 2.03. The summed E-state index contributed by atoms with van der Waals surface area (Å²) in [6, 6.07) is 38.7.